The minimum Gasteiger partial charge on any atom is -0.478 e. The maximum absolute atomic E-state index is 12.1. The van der Waals surface area contributed by atoms with E-state index in [0.717, 1.165) is 48.3 Å². The molecule has 0 aliphatic carbocycles. The molecule has 0 unspecified atom stereocenters. The van der Waals surface area contributed by atoms with Crippen LogP contribution < -0.4 is 10.4 Å². The third-order valence-electron chi connectivity index (χ3n) is 4.92. The normalized spacial score (nSPS) is 14.5. The second kappa shape index (κ2) is 6.37. The number of aryl methyl sites for hydroxylation is 2. The van der Waals surface area contributed by atoms with Crippen molar-refractivity contribution >= 4 is 11.0 Å². The summed E-state index contributed by atoms with van der Waals surface area (Å²) in [6.45, 7) is 6.88. The van der Waals surface area contributed by atoms with Crippen LogP contribution in [0.2, 0.25) is 0 Å². The van der Waals surface area contributed by atoms with Crippen molar-refractivity contribution in [2.24, 2.45) is 0 Å². The van der Waals surface area contributed by atoms with Gasteiger partial charge in [-0.3, -0.25) is 4.90 Å². The first-order valence-electron chi connectivity index (χ1n) is 8.50. The lowest BCUT2D eigenvalue weighted by molar-refractivity contribution is 0.0933. The van der Waals surface area contributed by atoms with Crippen LogP contribution in [-0.4, -0.2) is 27.7 Å². The van der Waals surface area contributed by atoms with Crippen molar-refractivity contribution in [2.45, 2.75) is 33.4 Å². The van der Waals surface area contributed by atoms with Gasteiger partial charge >= 0.3 is 5.63 Å². The van der Waals surface area contributed by atoms with Gasteiger partial charge in [-0.15, -0.1) is 0 Å². The number of imidazole rings is 1. The van der Waals surface area contributed by atoms with Crippen LogP contribution in [0.5, 0.6) is 5.75 Å². The van der Waals surface area contributed by atoms with E-state index in [1.807, 2.05) is 31.6 Å². The molecule has 6 heteroatoms. The average molecular weight is 339 g/mol. The molecule has 0 radical (unpaired) electrons. The van der Waals surface area contributed by atoms with Crippen LogP contribution in [0.25, 0.3) is 11.0 Å². The summed E-state index contributed by atoms with van der Waals surface area (Å²) in [5, 5.41) is 0.986. The zero-order valence-electron chi connectivity index (χ0n) is 14.5. The predicted molar refractivity (Wildman–Crippen MR) is 94.7 cm³/mol. The lowest BCUT2D eigenvalue weighted by Gasteiger charge is -2.29. The second-order valence-corrected chi connectivity index (χ2v) is 6.54. The molecule has 130 valence electrons. The van der Waals surface area contributed by atoms with Crippen molar-refractivity contribution in [3.8, 4) is 5.75 Å². The molecule has 3 heterocycles. The van der Waals surface area contributed by atoms with Gasteiger partial charge < -0.3 is 13.7 Å². The summed E-state index contributed by atoms with van der Waals surface area (Å²) in [6.07, 6.45) is 6.59. The lowest BCUT2D eigenvalue weighted by Crippen LogP contribution is -2.33. The molecule has 1 aliphatic heterocycles. The maximum atomic E-state index is 12.1. The predicted octanol–water partition coefficient (Wildman–Crippen LogP) is 2.85. The molecule has 0 amide bonds. The molecule has 4 rings (SSSR count). The summed E-state index contributed by atoms with van der Waals surface area (Å²) in [5.41, 5.74) is 3.00. The van der Waals surface area contributed by atoms with Crippen molar-refractivity contribution in [1.82, 2.24) is 14.5 Å². The number of benzene rings is 1. The maximum Gasteiger partial charge on any atom is 0.339 e. The Morgan fingerprint density at radius 1 is 1.20 bits per heavy atom. The third-order valence-corrected chi connectivity index (χ3v) is 4.92. The lowest BCUT2D eigenvalue weighted by atomic mass is 10.0. The van der Waals surface area contributed by atoms with E-state index in [1.165, 1.54) is 0 Å². The van der Waals surface area contributed by atoms with E-state index >= 15 is 0 Å². The number of rotatable bonds is 4. The van der Waals surface area contributed by atoms with E-state index in [-0.39, 0.29) is 5.63 Å². The fourth-order valence-electron chi connectivity index (χ4n) is 3.30. The summed E-state index contributed by atoms with van der Waals surface area (Å²) < 4.78 is 13.6. The Morgan fingerprint density at radius 3 is 2.88 bits per heavy atom. The molecule has 3 aromatic rings. The summed E-state index contributed by atoms with van der Waals surface area (Å²) in [7, 11) is 0. The van der Waals surface area contributed by atoms with Crippen LogP contribution in [0, 0.1) is 13.8 Å². The zero-order valence-corrected chi connectivity index (χ0v) is 14.5. The molecule has 0 spiro atoms. The highest BCUT2D eigenvalue weighted by atomic mass is 16.5. The molecule has 0 atom stereocenters. The van der Waals surface area contributed by atoms with Crippen molar-refractivity contribution in [2.75, 3.05) is 13.3 Å². The van der Waals surface area contributed by atoms with Crippen molar-refractivity contribution in [3.63, 3.8) is 0 Å². The van der Waals surface area contributed by atoms with Gasteiger partial charge in [0.1, 0.15) is 18.1 Å². The number of hydrogen-bond acceptors (Lipinski definition) is 5. The van der Waals surface area contributed by atoms with E-state index in [0.29, 0.717) is 17.9 Å². The molecular formula is C19H21N3O3. The van der Waals surface area contributed by atoms with E-state index < -0.39 is 0 Å². The monoisotopic (exact) mass is 339 g/mol. The Balaban J connectivity index is 1.58. The van der Waals surface area contributed by atoms with Gasteiger partial charge in [0.25, 0.3) is 0 Å². The molecule has 1 aromatic carbocycles. The van der Waals surface area contributed by atoms with Crippen LogP contribution in [-0.2, 0) is 13.1 Å². The van der Waals surface area contributed by atoms with Gasteiger partial charge in [-0.2, -0.15) is 0 Å². The SMILES string of the molecule is Cc1c(C)c2ccc3c(c2oc1=O)CN(CCCn1ccnc1)CO3. The molecular weight excluding hydrogens is 318 g/mol. The number of hydrogen-bond donors (Lipinski definition) is 0. The molecule has 0 N–H and O–H groups in total. The van der Waals surface area contributed by atoms with Gasteiger partial charge in [0.05, 0.1) is 11.9 Å². The number of ether oxygens (including phenoxy) is 1. The quantitative estimate of drug-likeness (QED) is 0.684. The van der Waals surface area contributed by atoms with Gasteiger partial charge in [-0.1, -0.05) is 0 Å². The van der Waals surface area contributed by atoms with E-state index in [4.69, 9.17) is 9.15 Å². The standard InChI is InChI=1S/C19H21N3O3/c1-13-14(2)19(23)25-18-15(13)4-5-17-16(18)10-22(12-24-17)8-3-7-21-9-6-20-11-21/h4-6,9,11H,3,7-8,10,12H2,1-2H3. The molecule has 0 bridgehead atoms. The Hall–Kier alpha value is -2.60. The highest BCUT2D eigenvalue weighted by Crippen LogP contribution is 2.33. The first kappa shape index (κ1) is 15.9. The van der Waals surface area contributed by atoms with Gasteiger partial charge in [0.15, 0.2) is 0 Å². The Kier molecular flexibility index (Phi) is 4.05. The van der Waals surface area contributed by atoms with Gasteiger partial charge in [0, 0.05) is 43.0 Å². The fourth-order valence-corrected chi connectivity index (χ4v) is 3.30. The molecule has 1 aliphatic rings. The van der Waals surface area contributed by atoms with Gasteiger partial charge in [0.2, 0.25) is 0 Å². The summed E-state index contributed by atoms with van der Waals surface area (Å²) in [5.74, 6) is 0.810. The molecule has 0 saturated heterocycles. The highest BCUT2D eigenvalue weighted by molar-refractivity contribution is 5.85. The van der Waals surface area contributed by atoms with Crippen LogP contribution >= 0.6 is 0 Å². The molecule has 6 nitrogen and oxygen atoms in total. The van der Waals surface area contributed by atoms with Crippen LogP contribution in [0.15, 0.2) is 40.1 Å². The van der Waals surface area contributed by atoms with Gasteiger partial charge in [-0.05, 0) is 38.0 Å². The number of aromatic nitrogens is 2. The topological polar surface area (TPSA) is 60.5 Å². The Bertz CT molecular complexity index is 960. The third kappa shape index (κ3) is 2.93. The van der Waals surface area contributed by atoms with Crippen molar-refractivity contribution in [1.29, 1.82) is 0 Å². The average Bonchev–Trinajstić information content (AvgIpc) is 3.13. The van der Waals surface area contributed by atoms with Crippen molar-refractivity contribution < 1.29 is 9.15 Å². The molecule has 0 saturated carbocycles. The molecule has 2 aromatic heterocycles. The number of nitrogens with zero attached hydrogens (tertiary/aromatic N) is 3. The van der Waals surface area contributed by atoms with E-state index in [9.17, 15) is 4.79 Å². The summed E-state index contributed by atoms with van der Waals surface area (Å²) >= 11 is 0. The number of fused-ring (bicyclic) bond motifs is 3. The second-order valence-electron chi connectivity index (χ2n) is 6.54. The van der Waals surface area contributed by atoms with Crippen LogP contribution in [0.1, 0.15) is 23.1 Å². The van der Waals surface area contributed by atoms with Crippen molar-refractivity contribution in [3.05, 3.63) is 58.0 Å². The minimum atomic E-state index is -0.268. The fraction of sp³-hybridized carbons (Fsp3) is 0.368. The first-order chi connectivity index (χ1) is 12.1. The van der Waals surface area contributed by atoms with Gasteiger partial charge in [-0.25, -0.2) is 9.78 Å². The largest absolute Gasteiger partial charge is 0.478 e. The highest BCUT2D eigenvalue weighted by Gasteiger charge is 2.22. The minimum absolute atomic E-state index is 0.268. The zero-order chi connectivity index (χ0) is 17.4. The van der Waals surface area contributed by atoms with E-state index in [1.54, 1.807) is 13.1 Å². The Labute approximate surface area is 145 Å². The van der Waals surface area contributed by atoms with Crippen LogP contribution in [0.3, 0.4) is 0 Å². The molecule has 0 fully saturated rings. The summed E-state index contributed by atoms with van der Waals surface area (Å²) in [6, 6.07) is 3.96. The van der Waals surface area contributed by atoms with E-state index in [2.05, 4.69) is 14.5 Å². The smallest absolute Gasteiger partial charge is 0.339 e. The first-order valence-corrected chi connectivity index (χ1v) is 8.50. The Morgan fingerprint density at radius 2 is 2.08 bits per heavy atom. The molecule has 25 heavy (non-hydrogen) atoms. The summed E-state index contributed by atoms with van der Waals surface area (Å²) in [4.78, 5) is 18.4. The van der Waals surface area contributed by atoms with Crippen LogP contribution in [0.4, 0.5) is 0 Å².